The Morgan fingerprint density at radius 2 is 1.85 bits per heavy atom. The molecule has 0 saturated carbocycles. The van der Waals surface area contributed by atoms with Gasteiger partial charge in [-0.1, -0.05) is 36.4 Å². The summed E-state index contributed by atoms with van der Waals surface area (Å²) in [4.78, 5) is 16.3. The van der Waals surface area contributed by atoms with Gasteiger partial charge >= 0.3 is 5.56 Å². The van der Waals surface area contributed by atoms with Crippen molar-refractivity contribution in [1.82, 2.24) is 9.55 Å². The van der Waals surface area contributed by atoms with Crippen molar-refractivity contribution >= 4 is 11.6 Å². The van der Waals surface area contributed by atoms with E-state index in [9.17, 15) is 4.79 Å². The highest BCUT2D eigenvalue weighted by Crippen LogP contribution is 2.25. The smallest absolute Gasteiger partial charge is 0.316 e. The molecule has 0 aliphatic heterocycles. The second kappa shape index (κ2) is 7.74. The number of nitrogens with one attached hydrogen (secondary N) is 1. The van der Waals surface area contributed by atoms with Crippen LogP contribution in [0.4, 0.5) is 11.6 Å². The molecule has 0 aliphatic carbocycles. The largest absolute Gasteiger partial charge is 0.497 e. The topological polar surface area (TPSA) is 65.4 Å². The van der Waals surface area contributed by atoms with E-state index in [4.69, 9.17) is 9.47 Å². The van der Waals surface area contributed by atoms with E-state index in [1.165, 1.54) is 7.11 Å². The molecule has 6 heteroatoms. The predicted octanol–water partition coefficient (Wildman–Crippen LogP) is 3.36. The molecule has 0 saturated heterocycles. The van der Waals surface area contributed by atoms with Gasteiger partial charge < -0.3 is 19.4 Å². The molecule has 1 N–H and O–H groups in total. The number of ether oxygens (including phenoxy) is 2. The number of nitrogens with zero attached hydrogens (tertiary/aromatic N) is 2. The molecule has 0 spiro atoms. The minimum atomic E-state index is -0.417. The van der Waals surface area contributed by atoms with Crippen LogP contribution in [0.25, 0.3) is 0 Å². The summed E-state index contributed by atoms with van der Waals surface area (Å²) in [5, 5.41) is 3.24. The highest BCUT2D eigenvalue weighted by molar-refractivity contribution is 5.61. The SMILES string of the molecule is COc1ccc(C)c(Nc2nc(=O)c(OC)cn2Cc2ccccc2)c1. The van der Waals surface area contributed by atoms with Crippen LogP contribution >= 0.6 is 0 Å². The summed E-state index contributed by atoms with van der Waals surface area (Å²) in [5.41, 5.74) is 2.51. The lowest BCUT2D eigenvalue weighted by Gasteiger charge is -2.17. The lowest BCUT2D eigenvalue weighted by Crippen LogP contribution is -2.19. The first kappa shape index (κ1) is 17.5. The van der Waals surface area contributed by atoms with Gasteiger partial charge in [-0.25, -0.2) is 0 Å². The van der Waals surface area contributed by atoms with Crippen LogP contribution in [0.3, 0.4) is 0 Å². The second-order valence-electron chi connectivity index (χ2n) is 5.86. The fourth-order valence-electron chi connectivity index (χ4n) is 2.60. The van der Waals surface area contributed by atoms with Crippen LogP contribution in [0, 0.1) is 6.92 Å². The number of methoxy groups -OCH3 is 2. The molecule has 1 heterocycles. The second-order valence-corrected chi connectivity index (χ2v) is 5.86. The number of rotatable bonds is 6. The highest BCUT2D eigenvalue weighted by atomic mass is 16.5. The van der Waals surface area contributed by atoms with Gasteiger partial charge in [-0.3, -0.25) is 4.79 Å². The lowest BCUT2D eigenvalue weighted by atomic mass is 10.2. The first-order valence-electron chi connectivity index (χ1n) is 8.22. The molecule has 0 fully saturated rings. The molecule has 0 atom stereocenters. The van der Waals surface area contributed by atoms with Crippen molar-refractivity contribution in [2.24, 2.45) is 0 Å². The van der Waals surface area contributed by atoms with E-state index in [0.717, 1.165) is 22.6 Å². The average molecular weight is 351 g/mol. The van der Waals surface area contributed by atoms with Gasteiger partial charge in [0.25, 0.3) is 0 Å². The number of aryl methyl sites for hydroxylation is 1. The van der Waals surface area contributed by atoms with Crippen molar-refractivity contribution in [3.8, 4) is 11.5 Å². The molecule has 0 bridgehead atoms. The van der Waals surface area contributed by atoms with Crippen molar-refractivity contribution in [3.05, 3.63) is 76.2 Å². The zero-order chi connectivity index (χ0) is 18.5. The van der Waals surface area contributed by atoms with E-state index in [1.807, 2.05) is 60.0 Å². The lowest BCUT2D eigenvalue weighted by molar-refractivity contribution is 0.402. The summed E-state index contributed by atoms with van der Waals surface area (Å²) in [6.07, 6.45) is 1.67. The van der Waals surface area contributed by atoms with E-state index in [1.54, 1.807) is 13.3 Å². The molecule has 0 amide bonds. The molecule has 1 aromatic heterocycles. The van der Waals surface area contributed by atoms with Crippen LogP contribution < -0.4 is 20.3 Å². The molecule has 6 nitrogen and oxygen atoms in total. The summed E-state index contributed by atoms with van der Waals surface area (Å²) in [6.45, 7) is 2.53. The van der Waals surface area contributed by atoms with Crippen LogP contribution in [0.15, 0.2) is 59.5 Å². The molecule has 2 aromatic carbocycles. The zero-order valence-electron chi connectivity index (χ0n) is 15.0. The number of anilines is 2. The van der Waals surface area contributed by atoms with Crippen LogP contribution in [0.5, 0.6) is 11.5 Å². The minimum absolute atomic E-state index is 0.203. The van der Waals surface area contributed by atoms with Crippen LogP contribution in [-0.4, -0.2) is 23.8 Å². The molecule has 26 heavy (non-hydrogen) atoms. The van der Waals surface area contributed by atoms with E-state index in [-0.39, 0.29) is 5.75 Å². The van der Waals surface area contributed by atoms with Gasteiger partial charge in [-0.05, 0) is 24.1 Å². The van der Waals surface area contributed by atoms with E-state index < -0.39 is 5.56 Å². The number of benzene rings is 2. The maximum Gasteiger partial charge on any atom is 0.316 e. The molecule has 0 aliphatic rings. The minimum Gasteiger partial charge on any atom is -0.497 e. The van der Waals surface area contributed by atoms with Gasteiger partial charge in [0.15, 0.2) is 0 Å². The molecule has 134 valence electrons. The standard InChI is InChI=1S/C20H21N3O3/c1-14-9-10-16(25-2)11-17(14)21-20-22-19(24)18(26-3)13-23(20)12-15-7-5-4-6-8-15/h4-11,13H,12H2,1-3H3,(H,21,22,24). The van der Waals surface area contributed by atoms with Crippen molar-refractivity contribution < 1.29 is 9.47 Å². The summed E-state index contributed by atoms with van der Waals surface area (Å²) in [5.74, 6) is 1.37. The quantitative estimate of drug-likeness (QED) is 0.738. The van der Waals surface area contributed by atoms with Crippen molar-refractivity contribution in [1.29, 1.82) is 0 Å². The third-order valence-corrected chi connectivity index (χ3v) is 4.07. The van der Waals surface area contributed by atoms with Gasteiger partial charge in [0.2, 0.25) is 11.7 Å². The van der Waals surface area contributed by atoms with Crippen LogP contribution in [-0.2, 0) is 6.54 Å². The van der Waals surface area contributed by atoms with Gasteiger partial charge in [0.1, 0.15) is 5.75 Å². The van der Waals surface area contributed by atoms with Gasteiger partial charge in [0.05, 0.1) is 27.0 Å². The van der Waals surface area contributed by atoms with Crippen molar-refractivity contribution in [2.45, 2.75) is 13.5 Å². The third kappa shape index (κ3) is 3.85. The Kier molecular flexibility index (Phi) is 5.22. The Labute approximate surface area is 152 Å². The fraction of sp³-hybridized carbons (Fsp3) is 0.200. The van der Waals surface area contributed by atoms with Gasteiger partial charge in [-0.2, -0.15) is 4.98 Å². The Morgan fingerprint density at radius 1 is 1.08 bits per heavy atom. The maximum atomic E-state index is 12.2. The zero-order valence-corrected chi connectivity index (χ0v) is 15.0. The number of hydrogen-bond acceptors (Lipinski definition) is 5. The highest BCUT2D eigenvalue weighted by Gasteiger charge is 2.11. The Morgan fingerprint density at radius 3 is 2.54 bits per heavy atom. The first-order valence-corrected chi connectivity index (χ1v) is 8.22. The van der Waals surface area contributed by atoms with Crippen LogP contribution in [0.1, 0.15) is 11.1 Å². The molecular formula is C20H21N3O3. The van der Waals surface area contributed by atoms with Crippen molar-refractivity contribution in [2.75, 3.05) is 19.5 Å². The predicted molar refractivity (Wildman–Crippen MR) is 102 cm³/mol. The molecule has 0 radical (unpaired) electrons. The number of aromatic nitrogens is 2. The van der Waals surface area contributed by atoms with Gasteiger partial charge in [0, 0.05) is 11.8 Å². The fourth-order valence-corrected chi connectivity index (χ4v) is 2.60. The van der Waals surface area contributed by atoms with E-state index in [2.05, 4.69) is 10.3 Å². The molecule has 0 unspecified atom stereocenters. The van der Waals surface area contributed by atoms with Crippen molar-refractivity contribution in [3.63, 3.8) is 0 Å². The Hall–Kier alpha value is -3.28. The molecule has 3 aromatic rings. The van der Waals surface area contributed by atoms with E-state index in [0.29, 0.717) is 12.5 Å². The molecular weight excluding hydrogens is 330 g/mol. The summed E-state index contributed by atoms with van der Waals surface area (Å²) >= 11 is 0. The third-order valence-electron chi connectivity index (χ3n) is 4.07. The summed E-state index contributed by atoms with van der Waals surface area (Å²) in [7, 11) is 3.08. The average Bonchev–Trinajstić information content (AvgIpc) is 2.66. The Bertz CT molecular complexity index is 952. The summed E-state index contributed by atoms with van der Waals surface area (Å²) < 4.78 is 12.3. The monoisotopic (exact) mass is 351 g/mol. The Balaban J connectivity index is 2.02. The summed E-state index contributed by atoms with van der Waals surface area (Å²) in [6, 6.07) is 15.7. The van der Waals surface area contributed by atoms with Crippen LogP contribution in [0.2, 0.25) is 0 Å². The molecule has 3 rings (SSSR count). The van der Waals surface area contributed by atoms with E-state index >= 15 is 0 Å². The normalized spacial score (nSPS) is 10.4. The maximum absolute atomic E-state index is 12.2. The number of hydrogen-bond donors (Lipinski definition) is 1. The first-order chi connectivity index (χ1) is 12.6. The van der Waals surface area contributed by atoms with Gasteiger partial charge in [-0.15, -0.1) is 0 Å².